The molecule has 3 heterocycles. The van der Waals surface area contributed by atoms with Gasteiger partial charge in [-0.1, -0.05) is 35.3 Å². The van der Waals surface area contributed by atoms with E-state index in [1.807, 2.05) is 37.3 Å². The molecule has 42 heavy (non-hydrogen) atoms. The maximum Gasteiger partial charge on any atom is 0.416 e. The lowest BCUT2D eigenvalue weighted by atomic mass is 9.92. The first kappa shape index (κ1) is 28.2. The summed E-state index contributed by atoms with van der Waals surface area (Å²) in [4.78, 5) is 32.7. The highest BCUT2D eigenvalue weighted by Crippen LogP contribution is 2.40. The van der Waals surface area contributed by atoms with Gasteiger partial charge < -0.3 is 24.7 Å². The number of aromatic amines is 1. The smallest absolute Gasteiger partial charge is 0.416 e. The third-order valence-electron chi connectivity index (χ3n) is 7.96. The number of amides is 2. The fourth-order valence-electron chi connectivity index (χ4n) is 5.88. The number of nitrogens with zero attached hydrogens (tertiary/aromatic N) is 2. The highest BCUT2D eigenvalue weighted by molar-refractivity contribution is 6.31. The van der Waals surface area contributed by atoms with Crippen LogP contribution in [0, 0.1) is 0 Å². The number of anilines is 1. The molecule has 2 aliphatic heterocycles. The summed E-state index contributed by atoms with van der Waals surface area (Å²) in [6.45, 7) is 4.01. The number of ether oxygens (including phenoxy) is 2. The number of halogens is 2. The van der Waals surface area contributed by atoms with Crippen LogP contribution in [0.2, 0.25) is 10.0 Å². The lowest BCUT2D eigenvalue weighted by molar-refractivity contribution is 0.0983. The molecule has 3 aromatic carbocycles. The van der Waals surface area contributed by atoms with Gasteiger partial charge >= 0.3 is 12.2 Å². The monoisotopic (exact) mass is 606 g/mol. The summed E-state index contributed by atoms with van der Waals surface area (Å²) in [6, 6.07) is 20.7. The number of hydrogen-bond acceptors (Lipinski definition) is 5. The molecule has 2 N–H and O–H groups in total. The molecule has 2 amide bonds. The topological polar surface area (TPSA) is 86.9 Å². The Balaban J connectivity index is 1.24. The molecule has 1 unspecified atom stereocenters. The molecule has 0 saturated carbocycles. The van der Waals surface area contributed by atoms with E-state index in [1.165, 1.54) is 0 Å². The Morgan fingerprint density at radius 2 is 1.64 bits per heavy atom. The molecule has 4 aromatic rings. The number of rotatable bonds is 5. The van der Waals surface area contributed by atoms with E-state index < -0.39 is 6.09 Å². The van der Waals surface area contributed by atoms with Crippen molar-refractivity contribution in [3.63, 3.8) is 0 Å². The molecule has 0 bridgehead atoms. The summed E-state index contributed by atoms with van der Waals surface area (Å²) in [7, 11) is 0. The molecule has 0 spiro atoms. The van der Waals surface area contributed by atoms with Gasteiger partial charge in [0.25, 0.3) is 0 Å². The van der Waals surface area contributed by atoms with Crippen LogP contribution < -0.4 is 10.1 Å². The van der Waals surface area contributed by atoms with Crippen LogP contribution in [0.1, 0.15) is 42.6 Å². The summed E-state index contributed by atoms with van der Waals surface area (Å²) in [5.41, 5.74) is 5.05. The molecule has 0 radical (unpaired) electrons. The Bertz CT molecular complexity index is 1580. The summed E-state index contributed by atoms with van der Waals surface area (Å²) in [5, 5.41) is 5.92. The second kappa shape index (κ2) is 12.2. The summed E-state index contributed by atoms with van der Waals surface area (Å²) in [6.07, 6.45) is 1.68. The van der Waals surface area contributed by atoms with Gasteiger partial charge in [0, 0.05) is 58.0 Å². The van der Waals surface area contributed by atoms with Crippen molar-refractivity contribution in [2.75, 3.05) is 31.6 Å². The van der Waals surface area contributed by atoms with Crippen molar-refractivity contribution in [2.24, 2.45) is 0 Å². The van der Waals surface area contributed by atoms with Gasteiger partial charge in [0.15, 0.2) is 0 Å². The zero-order chi connectivity index (χ0) is 29.2. The first-order valence-electron chi connectivity index (χ1n) is 14.2. The molecule has 1 fully saturated rings. The van der Waals surface area contributed by atoms with E-state index in [1.54, 1.807) is 34.1 Å². The van der Waals surface area contributed by atoms with Gasteiger partial charge in [-0.2, -0.15) is 0 Å². The average Bonchev–Trinajstić information content (AvgIpc) is 3.36. The van der Waals surface area contributed by atoms with Gasteiger partial charge in [0.2, 0.25) is 0 Å². The number of carbonyl (C=O) groups excluding carboxylic acids is 2. The second-order valence-corrected chi connectivity index (χ2v) is 11.5. The highest BCUT2D eigenvalue weighted by atomic mass is 35.5. The van der Waals surface area contributed by atoms with E-state index >= 15 is 0 Å². The molecule has 6 rings (SSSR count). The lowest BCUT2D eigenvalue weighted by Gasteiger charge is -2.35. The minimum absolute atomic E-state index is 0.245. The van der Waals surface area contributed by atoms with Crippen molar-refractivity contribution in [3.05, 3.63) is 93.6 Å². The van der Waals surface area contributed by atoms with Crippen molar-refractivity contribution in [1.29, 1.82) is 0 Å². The molecule has 1 atom stereocenters. The van der Waals surface area contributed by atoms with Crippen LogP contribution in [0.25, 0.3) is 10.9 Å². The van der Waals surface area contributed by atoms with Crippen molar-refractivity contribution >= 4 is 52.0 Å². The van der Waals surface area contributed by atoms with Crippen LogP contribution in [-0.4, -0.2) is 59.3 Å². The number of hydrogen-bond donors (Lipinski definition) is 2. The maximum absolute atomic E-state index is 13.5. The number of fused-ring (bicyclic) bond motifs is 3. The minimum Gasteiger partial charge on any atom is -0.450 e. The van der Waals surface area contributed by atoms with Crippen LogP contribution in [0.4, 0.5) is 15.3 Å². The van der Waals surface area contributed by atoms with Crippen LogP contribution in [0.15, 0.2) is 66.7 Å². The van der Waals surface area contributed by atoms with Crippen molar-refractivity contribution < 1.29 is 19.1 Å². The van der Waals surface area contributed by atoms with Crippen LogP contribution in [-0.2, 0) is 11.2 Å². The van der Waals surface area contributed by atoms with Gasteiger partial charge in [-0.3, -0.25) is 4.90 Å². The third-order valence-corrected chi connectivity index (χ3v) is 8.45. The van der Waals surface area contributed by atoms with E-state index in [-0.39, 0.29) is 18.2 Å². The van der Waals surface area contributed by atoms with Crippen LogP contribution in [0.3, 0.4) is 0 Å². The molecule has 2 aliphatic rings. The molecule has 218 valence electrons. The van der Waals surface area contributed by atoms with Gasteiger partial charge in [0.05, 0.1) is 6.61 Å². The Morgan fingerprint density at radius 3 is 2.36 bits per heavy atom. The van der Waals surface area contributed by atoms with Gasteiger partial charge in [0.1, 0.15) is 11.8 Å². The maximum atomic E-state index is 13.5. The normalized spacial score (nSPS) is 17.2. The molecule has 1 saturated heterocycles. The predicted molar refractivity (Wildman–Crippen MR) is 165 cm³/mol. The first-order chi connectivity index (χ1) is 20.4. The predicted octanol–water partition coefficient (Wildman–Crippen LogP) is 7.65. The Hall–Kier alpha value is -3.88. The third kappa shape index (κ3) is 5.87. The van der Waals surface area contributed by atoms with Crippen molar-refractivity contribution in [1.82, 2.24) is 14.8 Å². The van der Waals surface area contributed by atoms with Crippen LogP contribution in [0.5, 0.6) is 5.75 Å². The lowest BCUT2D eigenvalue weighted by Crippen LogP contribution is -2.42. The van der Waals surface area contributed by atoms with Crippen LogP contribution >= 0.6 is 23.2 Å². The largest absolute Gasteiger partial charge is 0.450 e. The summed E-state index contributed by atoms with van der Waals surface area (Å²) >= 11 is 12.4. The van der Waals surface area contributed by atoms with Gasteiger partial charge in [-0.05, 0) is 91.9 Å². The quantitative estimate of drug-likeness (QED) is 0.243. The summed E-state index contributed by atoms with van der Waals surface area (Å²) in [5.74, 6) is 0.436. The van der Waals surface area contributed by atoms with E-state index in [2.05, 4.69) is 22.4 Å². The number of carbonyl (C=O) groups is 2. The Labute approximate surface area is 254 Å². The molecular weight excluding hydrogens is 575 g/mol. The number of likely N-dealkylation sites (tertiary alicyclic amines) is 1. The van der Waals surface area contributed by atoms with E-state index in [0.717, 1.165) is 46.3 Å². The fourth-order valence-corrected chi connectivity index (χ4v) is 6.18. The Kier molecular flexibility index (Phi) is 8.18. The number of piperidine rings is 1. The first-order valence-corrected chi connectivity index (χ1v) is 15.0. The minimum atomic E-state index is -0.430. The van der Waals surface area contributed by atoms with E-state index in [9.17, 15) is 9.59 Å². The number of aromatic nitrogens is 1. The molecule has 0 aliphatic carbocycles. The van der Waals surface area contributed by atoms with E-state index in [4.69, 9.17) is 32.7 Å². The molecule has 1 aromatic heterocycles. The Morgan fingerprint density at radius 1 is 0.929 bits per heavy atom. The zero-order valence-electron chi connectivity index (χ0n) is 23.2. The van der Waals surface area contributed by atoms with Gasteiger partial charge in [-0.25, -0.2) is 9.59 Å². The molecule has 10 heteroatoms. The molecular formula is C32H32Cl2N4O4. The zero-order valence-corrected chi connectivity index (χ0v) is 24.8. The standard InChI is InChI=1S/C32H32Cl2N4O4/c1-2-41-31(39)37-16-13-24(14-17-37)35-23-8-3-20(4-9-23)30-29-26(27-19-22(34)7-12-28(27)36-29)15-18-38(30)32(40)42-25-10-5-21(33)6-11-25/h3-12,19,24,30,35-36H,2,13-18H2,1H3. The van der Waals surface area contributed by atoms with Crippen molar-refractivity contribution in [2.45, 2.75) is 38.3 Å². The number of H-pyrrole nitrogens is 1. The summed E-state index contributed by atoms with van der Waals surface area (Å²) < 4.78 is 10.9. The second-order valence-electron chi connectivity index (χ2n) is 10.6. The van der Waals surface area contributed by atoms with E-state index in [0.29, 0.717) is 48.5 Å². The SMILES string of the molecule is CCOC(=O)N1CCC(Nc2ccc(C3c4[nH]c5ccc(Cl)cc5c4CCN3C(=O)Oc3ccc(Cl)cc3)cc2)CC1. The van der Waals surface area contributed by atoms with Crippen molar-refractivity contribution in [3.8, 4) is 5.75 Å². The highest BCUT2D eigenvalue weighted by Gasteiger charge is 2.36. The average molecular weight is 608 g/mol. The fraction of sp³-hybridized carbons (Fsp3) is 0.312. The number of benzene rings is 3. The van der Waals surface area contributed by atoms with Gasteiger partial charge in [-0.15, -0.1) is 0 Å². The molecule has 8 nitrogen and oxygen atoms in total. The number of nitrogens with one attached hydrogen (secondary N) is 2.